The van der Waals surface area contributed by atoms with Gasteiger partial charge in [-0.15, -0.1) is 0 Å². The number of furan rings is 1. The van der Waals surface area contributed by atoms with Gasteiger partial charge in [-0.3, -0.25) is 0 Å². The molecule has 2 heteroatoms. The average molecular weight is 214 g/mol. The van der Waals surface area contributed by atoms with Gasteiger partial charge in [-0.05, 0) is 36.1 Å². The molecule has 0 bridgehead atoms. The molecule has 0 amide bonds. The Morgan fingerprint density at radius 2 is 2.00 bits per heavy atom. The van der Waals surface area contributed by atoms with Crippen LogP contribution in [0.15, 0.2) is 47.1 Å². The van der Waals surface area contributed by atoms with Gasteiger partial charge in [-0.1, -0.05) is 24.3 Å². The van der Waals surface area contributed by atoms with Crippen molar-refractivity contribution >= 4 is 0 Å². The fourth-order valence-electron chi connectivity index (χ4n) is 2.54. The van der Waals surface area contributed by atoms with Crippen molar-refractivity contribution in [1.29, 1.82) is 0 Å². The van der Waals surface area contributed by atoms with Crippen LogP contribution < -0.4 is 0 Å². The SMILES string of the molecule is OC1c2ccccc2CCC1c1ccco1. The molecule has 0 spiro atoms. The monoisotopic (exact) mass is 214 g/mol. The zero-order valence-electron chi connectivity index (χ0n) is 8.97. The topological polar surface area (TPSA) is 33.4 Å². The molecule has 0 radical (unpaired) electrons. The number of aliphatic hydroxyl groups excluding tert-OH is 1. The molecule has 1 N–H and O–H groups in total. The highest BCUT2D eigenvalue weighted by Crippen LogP contribution is 2.40. The molecule has 2 unspecified atom stereocenters. The van der Waals surface area contributed by atoms with E-state index in [2.05, 4.69) is 6.07 Å². The third kappa shape index (κ3) is 1.46. The van der Waals surface area contributed by atoms with Gasteiger partial charge < -0.3 is 9.52 Å². The van der Waals surface area contributed by atoms with Crippen molar-refractivity contribution in [2.45, 2.75) is 24.9 Å². The second-order valence-corrected chi connectivity index (χ2v) is 4.30. The van der Waals surface area contributed by atoms with E-state index in [0.29, 0.717) is 0 Å². The van der Waals surface area contributed by atoms with Crippen LogP contribution in [0.1, 0.15) is 35.3 Å². The maximum absolute atomic E-state index is 10.3. The fraction of sp³-hybridized carbons (Fsp3) is 0.286. The molecule has 1 aromatic carbocycles. The average Bonchev–Trinajstić information content (AvgIpc) is 2.83. The van der Waals surface area contributed by atoms with E-state index in [-0.39, 0.29) is 5.92 Å². The van der Waals surface area contributed by atoms with Crippen LogP contribution in [-0.4, -0.2) is 5.11 Å². The third-order valence-corrected chi connectivity index (χ3v) is 3.39. The highest BCUT2D eigenvalue weighted by atomic mass is 16.3. The van der Waals surface area contributed by atoms with Gasteiger partial charge >= 0.3 is 0 Å². The lowest BCUT2D eigenvalue weighted by Gasteiger charge is -2.28. The maximum atomic E-state index is 10.3. The van der Waals surface area contributed by atoms with Crippen molar-refractivity contribution in [3.05, 3.63) is 59.5 Å². The van der Waals surface area contributed by atoms with Gasteiger partial charge in [0.1, 0.15) is 5.76 Å². The van der Waals surface area contributed by atoms with Gasteiger partial charge in [0.05, 0.1) is 12.4 Å². The van der Waals surface area contributed by atoms with Crippen LogP contribution in [-0.2, 0) is 6.42 Å². The lowest BCUT2D eigenvalue weighted by atomic mass is 9.80. The van der Waals surface area contributed by atoms with Gasteiger partial charge in [-0.25, -0.2) is 0 Å². The summed E-state index contributed by atoms with van der Waals surface area (Å²) < 4.78 is 5.40. The Morgan fingerprint density at radius 3 is 2.81 bits per heavy atom. The number of aryl methyl sites for hydroxylation is 1. The molecule has 0 fully saturated rings. The molecule has 1 aromatic heterocycles. The minimum Gasteiger partial charge on any atom is -0.469 e. The van der Waals surface area contributed by atoms with Gasteiger partial charge in [0.15, 0.2) is 0 Å². The Balaban J connectivity index is 1.98. The van der Waals surface area contributed by atoms with Crippen molar-refractivity contribution in [3.8, 4) is 0 Å². The lowest BCUT2D eigenvalue weighted by molar-refractivity contribution is 0.121. The van der Waals surface area contributed by atoms with Crippen molar-refractivity contribution in [2.75, 3.05) is 0 Å². The summed E-state index contributed by atoms with van der Waals surface area (Å²) in [5.41, 5.74) is 2.31. The smallest absolute Gasteiger partial charge is 0.109 e. The van der Waals surface area contributed by atoms with Gasteiger partial charge in [0.2, 0.25) is 0 Å². The van der Waals surface area contributed by atoms with Crippen LogP contribution in [0.25, 0.3) is 0 Å². The van der Waals surface area contributed by atoms with Crippen molar-refractivity contribution in [3.63, 3.8) is 0 Å². The van der Waals surface area contributed by atoms with Crippen LogP contribution in [0, 0.1) is 0 Å². The predicted octanol–water partition coefficient (Wildman–Crippen LogP) is 3.04. The van der Waals surface area contributed by atoms with Crippen LogP contribution in [0.2, 0.25) is 0 Å². The minimum absolute atomic E-state index is 0.102. The van der Waals surface area contributed by atoms with E-state index in [1.165, 1.54) is 5.56 Å². The molecular weight excluding hydrogens is 200 g/mol. The van der Waals surface area contributed by atoms with Gasteiger partial charge in [0, 0.05) is 5.92 Å². The van der Waals surface area contributed by atoms with Crippen LogP contribution in [0.4, 0.5) is 0 Å². The van der Waals surface area contributed by atoms with E-state index in [0.717, 1.165) is 24.2 Å². The molecule has 0 saturated carbocycles. The first-order valence-corrected chi connectivity index (χ1v) is 5.65. The highest BCUT2D eigenvalue weighted by molar-refractivity contribution is 5.34. The van der Waals surface area contributed by atoms with Crippen LogP contribution >= 0.6 is 0 Å². The Morgan fingerprint density at radius 1 is 1.12 bits per heavy atom. The number of hydrogen-bond acceptors (Lipinski definition) is 2. The van der Waals surface area contributed by atoms with Crippen molar-refractivity contribution in [2.24, 2.45) is 0 Å². The van der Waals surface area contributed by atoms with Crippen LogP contribution in [0.3, 0.4) is 0 Å². The highest BCUT2D eigenvalue weighted by Gasteiger charge is 2.30. The van der Waals surface area contributed by atoms with E-state index in [4.69, 9.17) is 4.42 Å². The summed E-state index contributed by atoms with van der Waals surface area (Å²) in [6.07, 6.45) is 3.20. The summed E-state index contributed by atoms with van der Waals surface area (Å²) in [5, 5.41) is 10.3. The summed E-state index contributed by atoms with van der Waals surface area (Å²) in [5.74, 6) is 0.993. The summed E-state index contributed by atoms with van der Waals surface area (Å²) in [6.45, 7) is 0. The molecule has 2 aromatic rings. The molecule has 2 atom stereocenters. The molecule has 3 rings (SSSR count). The molecule has 1 aliphatic carbocycles. The first-order valence-electron chi connectivity index (χ1n) is 5.65. The molecule has 1 heterocycles. The first-order chi connectivity index (χ1) is 7.86. The van der Waals surface area contributed by atoms with E-state index < -0.39 is 6.10 Å². The zero-order chi connectivity index (χ0) is 11.0. The first kappa shape index (κ1) is 9.67. The number of benzene rings is 1. The Bertz CT molecular complexity index is 473. The molecule has 0 aliphatic heterocycles. The van der Waals surface area contributed by atoms with Gasteiger partial charge in [-0.2, -0.15) is 0 Å². The van der Waals surface area contributed by atoms with E-state index in [1.807, 2.05) is 30.3 Å². The normalized spacial score (nSPS) is 24.1. The number of aliphatic hydroxyl groups is 1. The summed E-state index contributed by atoms with van der Waals surface area (Å²) in [6, 6.07) is 11.9. The minimum atomic E-state index is -0.434. The van der Waals surface area contributed by atoms with Gasteiger partial charge in [0.25, 0.3) is 0 Å². The Hall–Kier alpha value is -1.54. The fourth-order valence-corrected chi connectivity index (χ4v) is 2.54. The van der Waals surface area contributed by atoms with E-state index in [1.54, 1.807) is 6.26 Å². The summed E-state index contributed by atoms with van der Waals surface area (Å²) in [4.78, 5) is 0. The molecular formula is C14H14O2. The molecule has 1 aliphatic rings. The van der Waals surface area contributed by atoms with E-state index in [9.17, 15) is 5.11 Å². The predicted molar refractivity (Wildman–Crippen MR) is 61.2 cm³/mol. The summed E-state index contributed by atoms with van der Waals surface area (Å²) in [7, 11) is 0. The number of rotatable bonds is 1. The molecule has 16 heavy (non-hydrogen) atoms. The van der Waals surface area contributed by atoms with Crippen molar-refractivity contribution in [1.82, 2.24) is 0 Å². The molecule has 0 saturated heterocycles. The van der Waals surface area contributed by atoms with Crippen LogP contribution in [0.5, 0.6) is 0 Å². The standard InChI is InChI=1S/C14H14O2/c15-14-11-5-2-1-4-10(11)7-8-12(14)13-6-3-9-16-13/h1-6,9,12,14-15H,7-8H2. The lowest BCUT2D eigenvalue weighted by Crippen LogP contribution is -2.18. The van der Waals surface area contributed by atoms with Crippen molar-refractivity contribution < 1.29 is 9.52 Å². The maximum Gasteiger partial charge on any atom is 0.109 e. The number of fused-ring (bicyclic) bond motifs is 1. The quantitative estimate of drug-likeness (QED) is 0.791. The van der Waals surface area contributed by atoms with E-state index >= 15 is 0 Å². The second-order valence-electron chi connectivity index (χ2n) is 4.30. The Kier molecular flexibility index (Phi) is 2.29. The third-order valence-electron chi connectivity index (χ3n) is 3.39. The number of hydrogen-bond donors (Lipinski definition) is 1. The largest absolute Gasteiger partial charge is 0.469 e. The molecule has 2 nitrogen and oxygen atoms in total. The second kappa shape index (κ2) is 3.80. The zero-order valence-corrected chi connectivity index (χ0v) is 8.97. The summed E-state index contributed by atoms with van der Waals surface area (Å²) >= 11 is 0. The Labute approximate surface area is 94.5 Å². The molecule has 82 valence electrons.